The molecule has 3 rings (SSSR count). The fraction of sp³-hybridized carbons (Fsp3) is 0.167. The molecular weight excluding hydrogens is 324 g/mol. The Morgan fingerprint density at radius 2 is 1.96 bits per heavy atom. The zero-order valence-corrected chi connectivity index (χ0v) is 14.3. The molecule has 0 radical (unpaired) electrons. The predicted molar refractivity (Wildman–Crippen MR) is 98.5 cm³/mol. The summed E-state index contributed by atoms with van der Waals surface area (Å²) in [6.45, 7) is 0.181. The van der Waals surface area contributed by atoms with Gasteiger partial charge in [0.15, 0.2) is 18.3 Å². The summed E-state index contributed by atoms with van der Waals surface area (Å²) in [5.74, 6) is 1.30. The molecule has 0 atom stereocenters. The average molecular weight is 342 g/mol. The number of ether oxygens (including phenoxy) is 3. The van der Waals surface area contributed by atoms with Crippen LogP contribution in [-0.2, 0) is 4.74 Å². The van der Waals surface area contributed by atoms with Gasteiger partial charge in [-0.1, -0.05) is 12.1 Å². The Bertz CT molecular complexity index is 874. The molecule has 0 aliphatic rings. The number of anilines is 1. The van der Waals surface area contributed by atoms with Gasteiger partial charge in [-0.25, -0.2) is 4.98 Å². The first kappa shape index (κ1) is 16.3. The van der Waals surface area contributed by atoms with Crippen molar-refractivity contribution < 1.29 is 14.2 Å². The molecule has 0 spiro atoms. The molecule has 6 heteroatoms. The van der Waals surface area contributed by atoms with Gasteiger partial charge >= 0.3 is 0 Å². The van der Waals surface area contributed by atoms with Crippen LogP contribution in [0.25, 0.3) is 22.4 Å². The molecule has 124 valence electrons. The standard InChI is InChI=1S/C18H18N2O3S/c1-21-11-23-15-6-3-12(9-16(15)22-2)4-8-18-20-14-10-13(19)5-7-17(14)24-18/h3-10H,11,19H2,1-2H3/b8-4+. The van der Waals surface area contributed by atoms with E-state index in [0.29, 0.717) is 11.5 Å². The predicted octanol–water partition coefficient (Wildman–Crippen LogP) is 4.04. The molecule has 5 nitrogen and oxygen atoms in total. The molecule has 2 N–H and O–H groups in total. The van der Waals surface area contributed by atoms with Crippen LogP contribution in [0.1, 0.15) is 10.6 Å². The molecule has 0 fully saturated rings. The SMILES string of the molecule is COCOc1ccc(/C=C/c2nc3cc(N)ccc3s2)cc1OC. The maximum atomic E-state index is 5.79. The molecular formula is C18H18N2O3S. The van der Waals surface area contributed by atoms with Crippen LogP contribution in [-0.4, -0.2) is 26.0 Å². The number of benzene rings is 2. The van der Waals surface area contributed by atoms with Crippen LogP contribution in [0, 0.1) is 0 Å². The van der Waals surface area contributed by atoms with E-state index in [2.05, 4.69) is 4.98 Å². The lowest BCUT2D eigenvalue weighted by atomic mass is 10.2. The Labute approximate surface area is 144 Å². The van der Waals surface area contributed by atoms with E-state index in [0.717, 1.165) is 26.5 Å². The molecule has 1 heterocycles. The third-order valence-electron chi connectivity index (χ3n) is 3.37. The van der Waals surface area contributed by atoms with Gasteiger partial charge in [0.25, 0.3) is 0 Å². The summed E-state index contributed by atoms with van der Waals surface area (Å²) in [6.07, 6.45) is 3.97. The highest BCUT2D eigenvalue weighted by atomic mass is 32.1. The van der Waals surface area contributed by atoms with Crippen molar-refractivity contribution in [3.63, 3.8) is 0 Å². The Hall–Kier alpha value is -2.57. The number of nitrogen functional groups attached to an aromatic ring is 1. The lowest BCUT2D eigenvalue weighted by molar-refractivity contribution is 0.0491. The summed E-state index contributed by atoms with van der Waals surface area (Å²) in [4.78, 5) is 4.57. The molecule has 0 unspecified atom stereocenters. The van der Waals surface area contributed by atoms with Gasteiger partial charge in [0.05, 0.1) is 17.3 Å². The van der Waals surface area contributed by atoms with Crippen LogP contribution in [0.15, 0.2) is 36.4 Å². The number of methoxy groups -OCH3 is 2. The van der Waals surface area contributed by atoms with Crippen LogP contribution in [0.2, 0.25) is 0 Å². The minimum Gasteiger partial charge on any atom is -0.493 e. The second kappa shape index (κ2) is 7.33. The maximum Gasteiger partial charge on any atom is 0.188 e. The Kier molecular flexibility index (Phi) is 4.98. The van der Waals surface area contributed by atoms with Crippen molar-refractivity contribution in [3.8, 4) is 11.5 Å². The summed E-state index contributed by atoms with van der Waals surface area (Å²) >= 11 is 1.62. The first-order valence-electron chi connectivity index (χ1n) is 7.33. The number of aromatic nitrogens is 1. The van der Waals surface area contributed by atoms with Gasteiger partial charge in [0, 0.05) is 12.8 Å². The summed E-state index contributed by atoms with van der Waals surface area (Å²) < 4.78 is 16.8. The van der Waals surface area contributed by atoms with Gasteiger partial charge in [-0.05, 0) is 42.0 Å². The first-order valence-corrected chi connectivity index (χ1v) is 8.15. The molecule has 1 aromatic heterocycles. The van der Waals surface area contributed by atoms with Crippen LogP contribution in [0.4, 0.5) is 5.69 Å². The van der Waals surface area contributed by atoms with Gasteiger partial charge in [0.2, 0.25) is 0 Å². The smallest absolute Gasteiger partial charge is 0.188 e. The fourth-order valence-corrected chi connectivity index (χ4v) is 3.08. The number of thiazole rings is 1. The number of rotatable bonds is 6. The van der Waals surface area contributed by atoms with Crippen molar-refractivity contribution in [2.24, 2.45) is 0 Å². The highest BCUT2D eigenvalue weighted by Crippen LogP contribution is 2.29. The number of fused-ring (bicyclic) bond motifs is 1. The molecule has 0 aliphatic carbocycles. The number of nitrogens with zero attached hydrogens (tertiary/aromatic N) is 1. The van der Waals surface area contributed by atoms with Crippen molar-refractivity contribution in [2.75, 3.05) is 26.7 Å². The largest absolute Gasteiger partial charge is 0.493 e. The Morgan fingerprint density at radius 1 is 1.08 bits per heavy atom. The van der Waals surface area contributed by atoms with E-state index >= 15 is 0 Å². The van der Waals surface area contributed by atoms with E-state index in [-0.39, 0.29) is 6.79 Å². The third kappa shape index (κ3) is 3.67. The molecule has 2 aromatic carbocycles. The summed E-state index contributed by atoms with van der Waals surface area (Å²) in [5, 5.41) is 0.925. The lowest BCUT2D eigenvalue weighted by Gasteiger charge is -2.10. The molecule has 0 saturated heterocycles. The van der Waals surface area contributed by atoms with E-state index in [1.165, 1.54) is 0 Å². The number of nitrogens with two attached hydrogens (primary N) is 1. The average Bonchev–Trinajstić information content (AvgIpc) is 3.00. The van der Waals surface area contributed by atoms with Crippen molar-refractivity contribution in [3.05, 3.63) is 47.0 Å². The monoisotopic (exact) mass is 342 g/mol. The Balaban J connectivity index is 1.82. The zero-order chi connectivity index (χ0) is 16.9. The van der Waals surface area contributed by atoms with Crippen molar-refractivity contribution >= 4 is 39.4 Å². The Morgan fingerprint density at radius 3 is 2.75 bits per heavy atom. The lowest BCUT2D eigenvalue weighted by Crippen LogP contribution is -2.00. The van der Waals surface area contributed by atoms with E-state index in [1.54, 1.807) is 25.6 Å². The van der Waals surface area contributed by atoms with E-state index in [1.807, 2.05) is 48.6 Å². The molecule has 0 saturated carbocycles. The summed E-state index contributed by atoms with van der Waals surface area (Å²) in [7, 11) is 3.19. The van der Waals surface area contributed by atoms with Gasteiger partial charge in [-0.3, -0.25) is 0 Å². The third-order valence-corrected chi connectivity index (χ3v) is 4.37. The topological polar surface area (TPSA) is 66.6 Å². The van der Waals surface area contributed by atoms with Gasteiger partial charge < -0.3 is 19.9 Å². The number of hydrogen-bond acceptors (Lipinski definition) is 6. The van der Waals surface area contributed by atoms with Crippen LogP contribution < -0.4 is 15.2 Å². The van der Waals surface area contributed by atoms with Gasteiger partial charge in [-0.2, -0.15) is 0 Å². The van der Waals surface area contributed by atoms with E-state index in [4.69, 9.17) is 19.9 Å². The molecule has 0 amide bonds. The summed E-state index contributed by atoms with van der Waals surface area (Å²) in [6, 6.07) is 11.5. The second-order valence-electron chi connectivity index (χ2n) is 5.07. The highest BCUT2D eigenvalue weighted by molar-refractivity contribution is 7.19. The van der Waals surface area contributed by atoms with Crippen LogP contribution in [0.3, 0.4) is 0 Å². The molecule has 24 heavy (non-hydrogen) atoms. The highest BCUT2D eigenvalue weighted by Gasteiger charge is 2.05. The normalized spacial score (nSPS) is 11.2. The fourth-order valence-electron chi connectivity index (χ4n) is 2.23. The minimum absolute atomic E-state index is 0.181. The first-order chi connectivity index (χ1) is 11.7. The molecule has 0 bridgehead atoms. The van der Waals surface area contributed by atoms with Crippen molar-refractivity contribution in [2.45, 2.75) is 0 Å². The summed E-state index contributed by atoms with van der Waals surface area (Å²) in [5.41, 5.74) is 8.43. The van der Waals surface area contributed by atoms with Crippen molar-refractivity contribution in [1.82, 2.24) is 4.98 Å². The molecule has 0 aliphatic heterocycles. The molecule has 3 aromatic rings. The van der Waals surface area contributed by atoms with Crippen LogP contribution >= 0.6 is 11.3 Å². The van der Waals surface area contributed by atoms with E-state index in [9.17, 15) is 0 Å². The minimum atomic E-state index is 0.181. The quantitative estimate of drug-likeness (QED) is 0.541. The maximum absolute atomic E-state index is 5.79. The second-order valence-corrected chi connectivity index (χ2v) is 6.14. The van der Waals surface area contributed by atoms with Crippen LogP contribution in [0.5, 0.6) is 11.5 Å². The van der Waals surface area contributed by atoms with E-state index < -0.39 is 0 Å². The van der Waals surface area contributed by atoms with Crippen molar-refractivity contribution in [1.29, 1.82) is 0 Å². The van der Waals surface area contributed by atoms with Gasteiger partial charge in [-0.15, -0.1) is 11.3 Å². The van der Waals surface area contributed by atoms with Gasteiger partial charge in [0.1, 0.15) is 5.01 Å². The zero-order valence-electron chi connectivity index (χ0n) is 13.5. The number of hydrogen-bond donors (Lipinski definition) is 1.